The van der Waals surface area contributed by atoms with E-state index in [4.69, 9.17) is 0 Å². The number of halogens is 1. The molecule has 0 fully saturated rings. The van der Waals surface area contributed by atoms with Crippen LogP contribution in [0.5, 0.6) is 0 Å². The van der Waals surface area contributed by atoms with Gasteiger partial charge in [-0.15, -0.1) is 0 Å². The molecule has 0 aromatic carbocycles. The molecule has 130 valence electrons. The molecule has 0 aromatic rings. The maximum Gasteiger partial charge on any atom is 0.110 e. The summed E-state index contributed by atoms with van der Waals surface area (Å²) in [6.45, 7) is 6.15. The number of unbranched alkanes of at least 4 members (excludes halogenated alkanes) is 8. The van der Waals surface area contributed by atoms with Crippen LogP contribution in [0.15, 0.2) is 11.9 Å². The molecule has 1 heterocycles. The van der Waals surface area contributed by atoms with Crippen LogP contribution in [0.25, 0.3) is 0 Å². The van der Waals surface area contributed by atoms with Crippen molar-refractivity contribution in [2.75, 3.05) is 13.1 Å². The lowest BCUT2D eigenvalue weighted by Crippen LogP contribution is -2.38. The molecule has 0 bridgehead atoms. The Bertz CT molecular complexity index is 273. The van der Waals surface area contributed by atoms with Gasteiger partial charge in [-0.25, -0.2) is 4.39 Å². The largest absolute Gasteiger partial charge is 0.293 e. The summed E-state index contributed by atoms with van der Waals surface area (Å²) in [5.74, 6) is 0.0909. The quantitative estimate of drug-likeness (QED) is 0.345. The Labute approximate surface area is 138 Å². The summed E-state index contributed by atoms with van der Waals surface area (Å²) >= 11 is 0. The van der Waals surface area contributed by atoms with Crippen LogP contribution in [0, 0.1) is 0 Å². The Morgan fingerprint density at radius 2 is 1.45 bits per heavy atom. The van der Waals surface area contributed by atoms with Gasteiger partial charge in [-0.2, -0.15) is 0 Å². The minimum Gasteiger partial charge on any atom is -0.293 e. The number of nitrogens with zero attached hydrogens (tertiary/aromatic N) is 1. The molecule has 1 aliphatic rings. The number of rotatable bonds is 13. The van der Waals surface area contributed by atoms with Gasteiger partial charge in [-0.1, -0.05) is 84.1 Å². The van der Waals surface area contributed by atoms with Gasteiger partial charge in [0, 0.05) is 12.6 Å². The minimum absolute atomic E-state index is 0.0909. The SMILES string of the molecule is CCCCCCCC(CCCCCCC)N1CCC=C(F)C1. The van der Waals surface area contributed by atoms with E-state index >= 15 is 0 Å². The normalized spacial score (nSPS) is 16.3. The van der Waals surface area contributed by atoms with Crippen LogP contribution in [0.1, 0.15) is 97.3 Å². The smallest absolute Gasteiger partial charge is 0.110 e. The van der Waals surface area contributed by atoms with E-state index in [2.05, 4.69) is 18.7 Å². The van der Waals surface area contributed by atoms with Crippen molar-refractivity contribution in [3.8, 4) is 0 Å². The van der Waals surface area contributed by atoms with Crippen molar-refractivity contribution in [3.05, 3.63) is 11.9 Å². The van der Waals surface area contributed by atoms with Gasteiger partial charge in [0.15, 0.2) is 0 Å². The van der Waals surface area contributed by atoms with E-state index in [0.717, 1.165) is 13.0 Å². The highest BCUT2D eigenvalue weighted by atomic mass is 19.1. The molecular formula is C20H38FN. The van der Waals surface area contributed by atoms with Crippen molar-refractivity contribution < 1.29 is 4.39 Å². The highest BCUT2D eigenvalue weighted by Gasteiger charge is 2.21. The maximum atomic E-state index is 13.6. The Balaban J connectivity index is 2.30. The molecule has 0 unspecified atom stereocenters. The molecule has 0 spiro atoms. The summed E-state index contributed by atoms with van der Waals surface area (Å²) in [6.07, 6.45) is 18.6. The van der Waals surface area contributed by atoms with Crippen LogP contribution < -0.4 is 0 Å². The van der Waals surface area contributed by atoms with Gasteiger partial charge in [-0.05, 0) is 19.3 Å². The lowest BCUT2D eigenvalue weighted by molar-refractivity contribution is 0.168. The van der Waals surface area contributed by atoms with Gasteiger partial charge in [0.2, 0.25) is 0 Å². The molecule has 1 aliphatic heterocycles. The molecule has 0 atom stereocenters. The van der Waals surface area contributed by atoms with E-state index in [1.54, 1.807) is 6.08 Å². The third-order valence-electron chi connectivity index (χ3n) is 4.93. The van der Waals surface area contributed by atoms with Gasteiger partial charge in [0.05, 0.1) is 6.54 Å². The monoisotopic (exact) mass is 311 g/mol. The highest BCUT2D eigenvalue weighted by Crippen LogP contribution is 2.22. The van der Waals surface area contributed by atoms with Crippen LogP contribution >= 0.6 is 0 Å². The topological polar surface area (TPSA) is 3.24 Å². The van der Waals surface area contributed by atoms with Gasteiger partial charge >= 0.3 is 0 Å². The zero-order valence-electron chi connectivity index (χ0n) is 15.1. The maximum absolute atomic E-state index is 13.6. The Kier molecular flexibility index (Phi) is 11.7. The first-order chi connectivity index (χ1) is 10.8. The molecule has 0 radical (unpaired) electrons. The van der Waals surface area contributed by atoms with Crippen LogP contribution in [0.3, 0.4) is 0 Å². The molecular weight excluding hydrogens is 273 g/mol. The van der Waals surface area contributed by atoms with E-state index in [-0.39, 0.29) is 5.83 Å². The van der Waals surface area contributed by atoms with E-state index in [1.807, 2.05) is 0 Å². The van der Waals surface area contributed by atoms with Crippen molar-refractivity contribution in [2.45, 2.75) is 103 Å². The third kappa shape index (κ3) is 8.92. The number of hydrogen-bond acceptors (Lipinski definition) is 1. The van der Waals surface area contributed by atoms with Gasteiger partial charge < -0.3 is 0 Å². The molecule has 0 saturated carbocycles. The lowest BCUT2D eigenvalue weighted by Gasteiger charge is -2.33. The fraction of sp³-hybridized carbons (Fsp3) is 0.900. The van der Waals surface area contributed by atoms with Crippen LogP contribution in [0.4, 0.5) is 4.39 Å². The summed E-state index contributed by atoms with van der Waals surface area (Å²) in [6, 6.07) is 0.614. The van der Waals surface area contributed by atoms with Crippen molar-refractivity contribution in [1.82, 2.24) is 4.90 Å². The Hall–Kier alpha value is -0.370. The summed E-state index contributed by atoms with van der Waals surface area (Å²) in [5.41, 5.74) is 0. The van der Waals surface area contributed by atoms with Gasteiger partial charge in [0.25, 0.3) is 0 Å². The first-order valence-electron chi connectivity index (χ1n) is 9.86. The first-order valence-corrected chi connectivity index (χ1v) is 9.86. The van der Waals surface area contributed by atoms with E-state index < -0.39 is 0 Å². The number of hydrogen-bond donors (Lipinski definition) is 0. The fourth-order valence-corrected chi connectivity index (χ4v) is 3.51. The summed E-state index contributed by atoms with van der Waals surface area (Å²) in [4.78, 5) is 2.41. The van der Waals surface area contributed by atoms with E-state index in [1.165, 1.54) is 77.0 Å². The predicted octanol–water partition coefficient (Wildman–Crippen LogP) is 6.64. The standard InChI is InChI=1S/C20H38FN/c1-3-5-7-9-11-15-20(16-12-10-8-6-4-2)22-17-13-14-19(21)18-22/h14,20H,3-13,15-18H2,1-2H3. The summed E-state index contributed by atoms with van der Waals surface area (Å²) in [7, 11) is 0. The molecule has 0 amide bonds. The second-order valence-electron chi connectivity index (χ2n) is 6.97. The second kappa shape index (κ2) is 13.1. The Morgan fingerprint density at radius 3 is 1.95 bits per heavy atom. The zero-order valence-corrected chi connectivity index (χ0v) is 15.1. The average molecular weight is 312 g/mol. The second-order valence-corrected chi connectivity index (χ2v) is 6.97. The molecule has 0 saturated heterocycles. The molecule has 0 aromatic heterocycles. The van der Waals surface area contributed by atoms with Crippen LogP contribution in [-0.2, 0) is 0 Å². The van der Waals surface area contributed by atoms with Gasteiger partial charge in [0.1, 0.15) is 5.83 Å². The zero-order chi connectivity index (χ0) is 16.0. The summed E-state index contributed by atoms with van der Waals surface area (Å²) < 4.78 is 13.6. The Morgan fingerprint density at radius 1 is 0.909 bits per heavy atom. The fourth-order valence-electron chi connectivity index (χ4n) is 3.51. The molecule has 1 nitrogen and oxygen atoms in total. The van der Waals surface area contributed by atoms with Crippen molar-refractivity contribution in [1.29, 1.82) is 0 Å². The van der Waals surface area contributed by atoms with Crippen molar-refractivity contribution >= 4 is 0 Å². The molecule has 2 heteroatoms. The minimum atomic E-state index is 0.0909. The van der Waals surface area contributed by atoms with E-state index in [9.17, 15) is 4.39 Å². The predicted molar refractivity (Wildman–Crippen MR) is 95.9 cm³/mol. The lowest BCUT2D eigenvalue weighted by atomic mass is 9.98. The molecule has 1 rings (SSSR count). The van der Waals surface area contributed by atoms with Gasteiger partial charge in [-0.3, -0.25) is 4.90 Å². The molecule has 0 aliphatic carbocycles. The van der Waals surface area contributed by atoms with Crippen molar-refractivity contribution in [2.24, 2.45) is 0 Å². The van der Waals surface area contributed by atoms with E-state index in [0.29, 0.717) is 12.6 Å². The molecule has 0 N–H and O–H groups in total. The summed E-state index contributed by atoms with van der Waals surface area (Å²) in [5, 5.41) is 0. The van der Waals surface area contributed by atoms with Crippen LogP contribution in [-0.4, -0.2) is 24.0 Å². The van der Waals surface area contributed by atoms with Crippen molar-refractivity contribution in [3.63, 3.8) is 0 Å². The third-order valence-corrected chi connectivity index (χ3v) is 4.93. The highest BCUT2D eigenvalue weighted by molar-refractivity contribution is 5.00. The first kappa shape index (κ1) is 19.7. The average Bonchev–Trinajstić information content (AvgIpc) is 2.52. The van der Waals surface area contributed by atoms with Crippen LogP contribution in [0.2, 0.25) is 0 Å². The molecule has 22 heavy (non-hydrogen) atoms.